The van der Waals surface area contributed by atoms with Crippen LogP contribution in [0.1, 0.15) is 33.6 Å². The molecule has 0 bridgehead atoms. The summed E-state index contributed by atoms with van der Waals surface area (Å²) < 4.78 is 27.8. The molecule has 0 unspecified atom stereocenters. The van der Waals surface area contributed by atoms with Gasteiger partial charge in [0.1, 0.15) is 0 Å². The van der Waals surface area contributed by atoms with E-state index in [2.05, 4.69) is 5.32 Å². The molecule has 1 aliphatic carbocycles. The Morgan fingerprint density at radius 3 is 2.48 bits per heavy atom. The van der Waals surface area contributed by atoms with Crippen molar-refractivity contribution in [2.75, 3.05) is 26.2 Å². The zero-order valence-electron chi connectivity index (χ0n) is 13.0. The average molecular weight is 298 g/mol. The van der Waals surface area contributed by atoms with Crippen molar-refractivity contribution in [1.82, 2.24) is 10.2 Å². The summed E-state index contributed by atoms with van der Waals surface area (Å²) in [5, 5.41) is 3.18. The largest absolute Gasteiger partial charge is 0.337 e. The van der Waals surface area contributed by atoms with Crippen LogP contribution in [0.5, 0.6) is 0 Å². The van der Waals surface area contributed by atoms with Crippen LogP contribution in [0.15, 0.2) is 23.3 Å². The predicted molar refractivity (Wildman–Crippen MR) is 79.3 cm³/mol. The Kier molecular flexibility index (Phi) is 4.51. The average Bonchev–Trinajstić information content (AvgIpc) is 2.44. The van der Waals surface area contributed by atoms with Crippen molar-refractivity contribution in [3.8, 4) is 0 Å². The maximum atomic E-state index is 13.9. The van der Waals surface area contributed by atoms with Gasteiger partial charge in [-0.1, -0.05) is 19.9 Å². The molecule has 1 amide bonds. The smallest absolute Gasteiger partial charge is 0.269 e. The van der Waals surface area contributed by atoms with Crippen LogP contribution in [-0.2, 0) is 4.79 Å². The number of rotatable bonds is 2. The summed E-state index contributed by atoms with van der Waals surface area (Å²) in [6, 6.07) is 0. The summed E-state index contributed by atoms with van der Waals surface area (Å²) in [7, 11) is 0. The molecule has 0 atom stereocenters. The first-order valence-corrected chi connectivity index (χ1v) is 7.51. The molecule has 118 valence electrons. The van der Waals surface area contributed by atoms with Crippen molar-refractivity contribution in [1.29, 1.82) is 0 Å². The van der Waals surface area contributed by atoms with Gasteiger partial charge in [-0.3, -0.25) is 4.79 Å². The topological polar surface area (TPSA) is 32.3 Å². The second kappa shape index (κ2) is 5.87. The molecule has 2 rings (SSSR count). The molecule has 3 nitrogen and oxygen atoms in total. The van der Waals surface area contributed by atoms with Gasteiger partial charge in [0.25, 0.3) is 5.92 Å². The van der Waals surface area contributed by atoms with Crippen molar-refractivity contribution in [3.63, 3.8) is 0 Å². The van der Waals surface area contributed by atoms with Crippen LogP contribution in [0.25, 0.3) is 0 Å². The highest BCUT2D eigenvalue weighted by Gasteiger charge is 2.42. The Morgan fingerprint density at radius 2 is 1.86 bits per heavy atom. The highest BCUT2D eigenvalue weighted by atomic mass is 19.3. The highest BCUT2D eigenvalue weighted by molar-refractivity contribution is 5.88. The first-order valence-electron chi connectivity index (χ1n) is 7.51. The summed E-state index contributed by atoms with van der Waals surface area (Å²) in [5.41, 5.74) is 0.386. The predicted octanol–water partition coefficient (Wildman–Crippen LogP) is 2.75. The van der Waals surface area contributed by atoms with Crippen LogP contribution in [0.2, 0.25) is 0 Å². The SMILES string of the molecule is CC1=C(/C=C/C(=O)N2CCNCC2)C(C)(C)CCC1(F)F. The third-order valence-electron chi connectivity index (χ3n) is 4.57. The number of amides is 1. The normalized spacial score (nSPS) is 25.5. The summed E-state index contributed by atoms with van der Waals surface area (Å²) in [6.45, 7) is 8.30. The van der Waals surface area contributed by atoms with Gasteiger partial charge in [-0.15, -0.1) is 0 Å². The number of hydrogen-bond acceptors (Lipinski definition) is 2. The summed E-state index contributed by atoms with van der Waals surface area (Å²) >= 11 is 0. The Labute approximate surface area is 125 Å². The van der Waals surface area contributed by atoms with E-state index >= 15 is 0 Å². The summed E-state index contributed by atoms with van der Waals surface area (Å²) in [4.78, 5) is 13.9. The lowest BCUT2D eigenvalue weighted by atomic mass is 9.71. The summed E-state index contributed by atoms with van der Waals surface area (Å²) in [5.74, 6) is -2.85. The van der Waals surface area contributed by atoms with E-state index in [1.54, 1.807) is 11.0 Å². The summed E-state index contributed by atoms with van der Waals surface area (Å²) in [6.07, 6.45) is 3.37. The molecule has 1 heterocycles. The fourth-order valence-corrected chi connectivity index (χ4v) is 2.99. The van der Waals surface area contributed by atoms with Crippen LogP contribution < -0.4 is 5.32 Å². The third kappa shape index (κ3) is 3.51. The van der Waals surface area contributed by atoms with Gasteiger partial charge in [0, 0.05) is 38.7 Å². The van der Waals surface area contributed by atoms with Crippen molar-refractivity contribution in [2.45, 2.75) is 39.5 Å². The molecule has 0 aromatic carbocycles. The lowest BCUT2D eigenvalue weighted by Crippen LogP contribution is -2.45. The molecule has 0 saturated carbocycles. The van der Waals surface area contributed by atoms with E-state index in [0.29, 0.717) is 25.1 Å². The van der Waals surface area contributed by atoms with Gasteiger partial charge in [0.2, 0.25) is 5.91 Å². The molecule has 1 aliphatic heterocycles. The second-order valence-electron chi connectivity index (χ2n) is 6.54. The van der Waals surface area contributed by atoms with Gasteiger partial charge in [0.15, 0.2) is 0 Å². The van der Waals surface area contributed by atoms with Gasteiger partial charge < -0.3 is 10.2 Å². The number of alkyl halides is 2. The van der Waals surface area contributed by atoms with Crippen LogP contribution in [0.3, 0.4) is 0 Å². The maximum absolute atomic E-state index is 13.9. The second-order valence-corrected chi connectivity index (χ2v) is 6.54. The number of carbonyl (C=O) groups is 1. The number of hydrogen-bond donors (Lipinski definition) is 1. The van der Waals surface area contributed by atoms with E-state index in [4.69, 9.17) is 0 Å². The van der Waals surface area contributed by atoms with E-state index in [-0.39, 0.29) is 23.3 Å². The van der Waals surface area contributed by atoms with Gasteiger partial charge in [-0.25, -0.2) is 8.78 Å². The third-order valence-corrected chi connectivity index (χ3v) is 4.57. The Bertz CT molecular complexity index is 475. The van der Waals surface area contributed by atoms with Crippen molar-refractivity contribution in [3.05, 3.63) is 23.3 Å². The number of halogens is 2. The molecule has 5 heteroatoms. The van der Waals surface area contributed by atoms with Gasteiger partial charge >= 0.3 is 0 Å². The molecular weight excluding hydrogens is 274 g/mol. The maximum Gasteiger partial charge on any atom is 0.269 e. The van der Waals surface area contributed by atoms with E-state index in [1.165, 1.54) is 13.0 Å². The highest BCUT2D eigenvalue weighted by Crippen LogP contribution is 2.47. The number of piperazine rings is 1. The molecule has 2 aliphatic rings. The van der Waals surface area contributed by atoms with E-state index in [9.17, 15) is 13.6 Å². The molecule has 1 fully saturated rings. The first-order chi connectivity index (χ1) is 9.74. The van der Waals surface area contributed by atoms with Crippen molar-refractivity contribution < 1.29 is 13.6 Å². The lowest BCUT2D eigenvalue weighted by Gasteiger charge is -2.37. The van der Waals surface area contributed by atoms with Crippen molar-refractivity contribution >= 4 is 5.91 Å². The molecule has 0 radical (unpaired) electrons. The molecular formula is C16H24F2N2O. The lowest BCUT2D eigenvalue weighted by molar-refractivity contribution is -0.126. The standard InChI is InChI=1S/C16H24F2N2O/c1-12-13(15(2,3)6-7-16(12,17)18)4-5-14(21)20-10-8-19-9-11-20/h4-5,19H,6-11H2,1-3H3/b5-4+. The van der Waals surface area contributed by atoms with Crippen LogP contribution >= 0.6 is 0 Å². The fourth-order valence-electron chi connectivity index (χ4n) is 2.99. The van der Waals surface area contributed by atoms with E-state index in [0.717, 1.165) is 13.1 Å². The van der Waals surface area contributed by atoms with Crippen LogP contribution in [0, 0.1) is 5.41 Å². The molecule has 1 saturated heterocycles. The van der Waals surface area contributed by atoms with Crippen molar-refractivity contribution in [2.24, 2.45) is 5.41 Å². The monoisotopic (exact) mass is 298 g/mol. The van der Waals surface area contributed by atoms with Crippen LogP contribution in [-0.4, -0.2) is 42.9 Å². The molecule has 21 heavy (non-hydrogen) atoms. The minimum atomic E-state index is -2.76. The number of allylic oxidation sites excluding steroid dienone is 3. The molecule has 0 aromatic heterocycles. The number of nitrogens with zero attached hydrogens (tertiary/aromatic N) is 1. The zero-order chi connectivity index (χ0) is 15.7. The molecule has 0 aromatic rings. The Balaban J connectivity index is 2.18. The quantitative estimate of drug-likeness (QED) is 0.795. The Morgan fingerprint density at radius 1 is 1.24 bits per heavy atom. The first kappa shape index (κ1) is 16.1. The van der Waals surface area contributed by atoms with Crippen LogP contribution in [0.4, 0.5) is 8.78 Å². The molecule has 0 spiro atoms. The fraction of sp³-hybridized carbons (Fsp3) is 0.688. The molecule has 1 N–H and O–H groups in total. The zero-order valence-corrected chi connectivity index (χ0v) is 13.0. The van der Waals surface area contributed by atoms with E-state index in [1.807, 2.05) is 13.8 Å². The van der Waals surface area contributed by atoms with Gasteiger partial charge in [-0.2, -0.15) is 0 Å². The van der Waals surface area contributed by atoms with E-state index < -0.39 is 5.92 Å². The van der Waals surface area contributed by atoms with Gasteiger partial charge in [0.05, 0.1) is 0 Å². The number of carbonyl (C=O) groups excluding carboxylic acids is 1. The minimum absolute atomic E-state index is 0.0958. The minimum Gasteiger partial charge on any atom is -0.337 e. The van der Waals surface area contributed by atoms with Gasteiger partial charge in [-0.05, 0) is 29.9 Å². The number of nitrogens with one attached hydrogen (secondary N) is 1. The Hall–Kier alpha value is -1.23.